The lowest BCUT2D eigenvalue weighted by atomic mass is 10.2. The predicted molar refractivity (Wildman–Crippen MR) is 80.5 cm³/mol. The van der Waals surface area contributed by atoms with E-state index in [0.717, 1.165) is 22.3 Å². The highest BCUT2D eigenvalue weighted by Crippen LogP contribution is 2.33. The van der Waals surface area contributed by atoms with Crippen LogP contribution in [0.15, 0.2) is 57.2 Å². The summed E-state index contributed by atoms with van der Waals surface area (Å²) in [7, 11) is -3.20. The van der Waals surface area contributed by atoms with Crippen molar-refractivity contribution >= 4 is 39.5 Å². The fourth-order valence-corrected chi connectivity index (χ4v) is 3.45. The zero-order valence-corrected chi connectivity index (χ0v) is 12.9. The minimum absolute atomic E-state index is 0.267. The second-order valence-electron chi connectivity index (χ2n) is 4.12. The quantitative estimate of drug-likeness (QED) is 0.804. The number of sulfone groups is 1. The standard InChI is InChI=1S/C14H11ClO3S2/c1-20(17,18)11-7-5-10(6-8-11)19-14-4-2-3-13(15)12(14)9-16/h2-9H,1H3. The molecule has 3 nitrogen and oxygen atoms in total. The predicted octanol–water partition coefficient (Wildman–Crippen LogP) is 3.71. The van der Waals surface area contributed by atoms with E-state index in [4.69, 9.17) is 11.6 Å². The maximum atomic E-state index is 11.4. The van der Waals surface area contributed by atoms with E-state index >= 15 is 0 Å². The van der Waals surface area contributed by atoms with Gasteiger partial charge < -0.3 is 0 Å². The number of carbonyl (C=O) groups is 1. The van der Waals surface area contributed by atoms with Gasteiger partial charge in [-0.15, -0.1) is 0 Å². The molecule has 0 aliphatic carbocycles. The van der Waals surface area contributed by atoms with Crippen molar-refractivity contribution in [3.8, 4) is 0 Å². The van der Waals surface area contributed by atoms with Crippen LogP contribution in [0.5, 0.6) is 0 Å². The van der Waals surface area contributed by atoms with Crippen molar-refractivity contribution < 1.29 is 13.2 Å². The molecular formula is C14H11ClO3S2. The average molecular weight is 327 g/mol. The fourth-order valence-electron chi connectivity index (χ4n) is 1.60. The fraction of sp³-hybridized carbons (Fsp3) is 0.0714. The summed E-state index contributed by atoms with van der Waals surface area (Å²) < 4.78 is 22.8. The third-order valence-corrected chi connectivity index (χ3v) is 5.15. The van der Waals surface area contributed by atoms with Gasteiger partial charge >= 0.3 is 0 Å². The lowest BCUT2D eigenvalue weighted by Crippen LogP contribution is -1.96. The van der Waals surface area contributed by atoms with Gasteiger partial charge in [-0.3, -0.25) is 4.79 Å². The molecule has 0 saturated heterocycles. The summed E-state index contributed by atoms with van der Waals surface area (Å²) in [4.78, 5) is 12.9. The van der Waals surface area contributed by atoms with Crippen molar-refractivity contribution in [2.75, 3.05) is 6.26 Å². The molecule has 0 radical (unpaired) electrons. The molecule has 0 bridgehead atoms. The highest BCUT2D eigenvalue weighted by atomic mass is 35.5. The lowest BCUT2D eigenvalue weighted by molar-refractivity contribution is 0.112. The Bertz CT molecular complexity index is 738. The minimum Gasteiger partial charge on any atom is -0.298 e. The van der Waals surface area contributed by atoms with Gasteiger partial charge in [-0.05, 0) is 36.4 Å². The van der Waals surface area contributed by atoms with Crippen LogP contribution in [0.25, 0.3) is 0 Å². The number of benzene rings is 2. The number of hydrogen-bond donors (Lipinski definition) is 0. The molecule has 0 spiro atoms. The monoisotopic (exact) mass is 326 g/mol. The van der Waals surface area contributed by atoms with Crippen molar-refractivity contribution in [3.05, 3.63) is 53.1 Å². The van der Waals surface area contributed by atoms with Gasteiger partial charge in [0.05, 0.1) is 9.92 Å². The first-order chi connectivity index (χ1) is 9.41. The molecular weight excluding hydrogens is 316 g/mol. The van der Waals surface area contributed by atoms with Gasteiger partial charge in [0, 0.05) is 21.6 Å². The molecule has 20 heavy (non-hydrogen) atoms. The summed E-state index contributed by atoms with van der Waals surface area (Å²) >= 11 is 7.32. The molecule has 0 atom stereocenters. The summed E-state index contributed by atoms with van der Waals surface area (Å²) in [5.41, 5.74) is 0.436. The Kier molecular flexibility index (Phi) is 4.52. The molecule has 0 fully saturated rings. The molecule has 0 aliphatic heterocycles. The number of rotatable bonds is 4. The van der Waals surface area contributed by atoms with E-state index in [1.165, 1.54) is 11.8 Å². The molecule has 2 aromatic rings. The summed E-state index contributed by atoms with van der Waals surface area (Å²) in [5.74, 6) is 0. The van der Waals surface area contributed by atoms with Gasteiger partial charge in [0.1, 0.15) is 0 Å². The molecule has 0 unspecified atom stereocenters. The molecule has 2 aromatic carbocycles. The van der Waals surface area contributed by atoms with Crippen LogP contribution in [0.2, 0.25) is 5.02 Å². The van der Waals surface area contributed by atoms with E-state index in [-0.39, 0.29) is 4.90 Å². The Labute approximate surface area is 126 Å². The Hall–Kier alpha value is -1.30. The Morgan fingerprint density at radius 2 is 1.75 bits per heavy atom. The average Bonchev–Trinajstić information content (AvgIpc) is 2.38. The molecule has 0 aliphatic rings. The molecule has 6 heteroatoms. The van der Waals surface area contributed by atoms with Crippen molar-refractivity contribution in [1.82, 2.24) is 0 Å². The second kappa shape index (κ2) is 5.99. The molecule has 0 heterocycles. The van der Waals surface area contributed by atoms with Crippen LogP contribution in [0, 0.1) is 0 Å². The molecule has 0 N–H and O–H groups in total. The van der Waals surface area contributed by atoms with Crippen LogP contribution in [0.1, 0.15) is 10.4 Å². The van der Waals surface area contributed by atoms with Crippen LogP contribution in [-0.2, 0) is 9.84 Å². The number of halogens is 1. The summed E-state index contributed by atoms with van der Waals surface area (Å²) in [5, 5.41) is 0.401. The maximum Gasteiger partial charge on any atom is 0.175 e. The highest BCUT2D eigenvalue weighted by Gasteiger charge is 2.09. The number of hydrogen-bond acceptors (Lipinski definition) is 4. The molecule has 0 saturated carbocycles. The zero-order chi connectivity index (χ0) is 14.8. The van der Waals surface area contributed by atoms with E-state index in [2.05, 4.69) is 0 Å². The van der Waals surface area contributed by atoms with Crippen molar-refractivity contribution in [2.45, 2.75) is 14.7 Å². The summed E-state index contributed by atoms with van der Waals surface area (Å²) in [6, 6.07) is 11.7. The first-order valence-electron chi connectivity index (χ1n) is 5.63. The second-order valence-corrected chi connectivity index (χ2v) is 7.65. The SMILES string of the molecule is CS(=O)(=O)c1ccc(Sc2cccc(Cl)c2C=O)cc1. The molecule has 0 aromatic heterocycles. The minimum atomic E-state index is -3.20. The Morgan fingerprint density at radius 1 is 1.10 bits per heavy atom. The lowest BCUT2D eigenvalue weighted by Gasteiger charge is -2.06. The number of aldehydes is 1. The van der Waals surface area contributed by atoms with Gasteiger partial charge in [0.2, 0.25) is 0 Å². The van der Waals surface area contributed by atoms with E-state index in [1.807, 2.05) is 0 Å². The van der Waals surface area contributed by atoms with Gasteiger partial charge in [-0.2, -0.15) is 0 Å². The molecule has 2 rings (SSSR count). The van der Waals surface area contributed by atoms with Crippen LogP contribution < -0.4 is 0 Å². The van der Waals surface area contributed by atoms with Crippen LogP contribution in [-0.4, -0.2) is 21.0 Å². The maximum absolute atomic E-state index is 11.4. The van der Waals surface area contributed by atoms with Gasteiger partial charge in [-0.1, -0.05) is 29.4 Å². The van der Waals surface area contributed by atoms with Gasteiger partial charge in [-0.25, -0.2) is 8.42 Å². The van der Waals surface area contributed by atoms with Crippen LogP contribution in [0.3, 0.4) is 0 Å². The first kappa shape index (κ1) is 15.1. The van der Waals surface area contributed by atoms with Crippen molar-refractivity contribution in [1.29, 1.82) is 0 Å². The van der Waals surface area contributed by atoms with E-state index in [9.17, 15) is 13.2 Å². The van der Waals surface area contributed by atoms with Gasteiger partial charge in [0.15, 0.2) is 16.1 Å². The van der Waals surface area contributed by atoms with Crippen molar-refractivity contribution in [3.63, 3.8) is 0 Å². The zero-order valence-electron chi connectivity index (χ0n) is 10.5. The summed E-state index contributed by atoms with van der Waals surface area (Å²) in [6.07, 6.45) is 1.88. The highest BCUT2D eigenvalue weighted by molar-refractivity contribution is 7.99. The van der Waals surface area contributed by atoms with E-state index < -0.39 is 9.84 Å². The number of carbonyl (C=O) groups excluding carboxylic acids is 1. The van der Waals surface area contributed by atoms with E-state index in [1.54, 1.807) is 42.5 Å². The summed E-state index contributed by atoms with van der Waals surface area (Å²) in [6.45, 7) is 0. The third-order valence-electron chi connectivity index (χ3n) is 2.61. The van der Waals surface area contributed by atoms with Crippen LogP contribution >= 0.6 is 23.4 Å². The molecule has 104 valence electrons. The topological polar surface area (TPSA) is 51.2 Å². The normalized spacial score (nSPS) is 11.3. The van der Waals surface area contributed by atoms with Gasteiger partial charge in [0.25, 0.3) is 0 Å². The third kappa shape index (κ3) is 3.42. The largest absolute Gasteiger partial charge is 0.298 e. The smallest absolute Gasteiger partial charge is 0.175 e. The molecule has 0 amide bonds. The first-order valence-corrected chi connectivity index (χ1v) is 8.72. The van der Waals surface area contributed by atoms with E-state index in [0.29, 0.717) is 10.6 Å². The van der Waals surface area contributed by atoms with Crippen LogP contribution in [0.4, 0.5) is 0 Å². The Morgan fingerprint density at radius 3 is 2.30 bits per heavy atom. The Balaban J connectivity index is 2.32. The van der Waals surface area contributed by atoms with Crippen molar-refractivity contribution in [2.24, 2.45) is 0 Å².